The number of aromatic nitrogens is 2. The Kier molecular flexibility index (Phi) is 2.00. The number of rotatable bonds is 1. The third-order valence-corrected chi connectivity index (χ3v) is 2.29. The molecule has 0 radical (unpaired) electrons. The summed E-state index contributed by atoms with van der Waals surface area (Å²) < 4.78 is 3.49. The van der Waals surface area contributed by atoms with Crippen LogP contribution in [0.5, 0.6) is 0 Å². The second-order valence-electron chi connectivity index (χ2n) is 3.29. The van der Waals surface area contributed by atoms with Gasteiger partial charge >= 0.3 is 0 Å². The van der Waals surface area contributed by atoms with E-state index in [4.69, 9.17) is 0 Å². The molecule has 0 bridgehead atoms. The zero-order valence-corrected chi connectivity index (χ0v) is 8.27. The van der Waals surface area contributed by atoms with E-state index in [1.807, 2.05) is 41.9 Å². The van der Waals surface area contributed by atoms with Crippen LogP contribution < -0.4 is 5.56 Å². The molecule has 0 saturated heterocycles. The summed E-state index contributed by atoms with van der Waals surface area (Å²) in [7, 11) is 1.77. The van der Waals surface area contributed by atoms with Crippen molar-refractivity contribution in [1.82, 2.24) is 9.36 Å². The van der Waals surface area contributed by atoms with E-state index in [1.54, 1.807) is 17.8 Å². The highest BCUT2D eigenvalue weighted by Crippen LogP contribution is 2.08. The lowest BCUT2D eigenvalue weighted by atomic mass is 10.3. The molecule has 14 heavy (non-hydrogen) atoms. The van der Waals surface area contributed by atoms with Crippen molar-refractivity contribution in [3.05, 3.63) is 52.4 Å². The molecule has 0 amide bonds. The SMILES string of the molecule is Cc1cc(=O)n(C)n1-c1ccccc1. The summed E-state index contributed by atoms with van der Waals surface area (Å²) in [6, 6.07) is 11.5. The van der Waals surface area contributed by atoms with Crippen LogP contribution in [0.1, 0.15) is 5.69 Å². The standard InChI is InChI=1S/C11H12N2O/c1-9-8-11(14)12(2)13(9)10-6-4-3-5-7-10/h3-8H,1-2H3. The Bertz CT molecular complexity index is 494. The normalized spacial score (nSPS) is 10.4. The molecule has 3 heteroatoms. The van der Waals surface area contributed by atoms with Gasteiger partial charge in [0.05, 0.1) is 5.69 Å². The van der Waals surface area contributed by atoms with Crippen LogP contribution >= 0.6 is 0 Å². The van der Waals surface area contributed by atoms with Crippen LogP contribution in [-0.2, 0) is 7.05 Å². The first-order chi connectivity index (χ1) is 6.70. The number of hydrogen-bond acceptors (Lipinski definition) is 1. The average molecular weight is 188 g/mol. The minimum atomic E-state index is 0.0198. The fourth-order valence-electron chi connectivity index (χ4n) is 1.61. The number of aryl methyl sites for hydroxylation is 1. The molecular formula is C11H12N2O. The number of benzene rings is 1. The Labute approximate surface area is 82.2 Å². The molecule has 2 aromatic rings. The molecule has 0 aliphatic rings. The summed E-state index contributed by atoms with van der Waals surface area (Å²) in [5, 5.41) is 0. The lowest BCUT2D eigenvalue weighted by Gasteiger charge is -2.09. The zero-order chi connectivity index (χ0) is 10.1. The number of nitrogens with zero attached hydrogens (tertiary/aromatic N) is 2. The molecule has 0 aliphatic heterocycles. The summed E-state index contributed by atoms with van der Waals surface area (Å²) in [6.07, 6.45) is 0. The van der Waals surface area contributed by atoms with Gasteiger partial charge < -0.3 is 0 Å². The van der Waals surface area contributed by atoms with Gasteiger partial charge in [-0.3, -0.25) is 9.48 Å². The predicted octanol–water partition coefficient (Wildman–Crippen LogP) is 1.48. The van der Waals surface area contributed by atoms with E-state index < -0.39 is 0 Å². The van der Waals surface area contributed by atoms with Gasteiger partial charge in [0, 0.05) is 18.8 Å². The predicted molar refractivity (Wildman–Crippen MR) is 55.7 cm³/mol. The molecule has 0 spiro atoms. The van der Waals surface area contributed by atoms with E-state index in [1.165, 1.54) is 0 Å². The Morgan fingerprint density at radius 2 is 1.79 bits per heavy atom. The topological polar surface area (TPSA) is 26.9 Å². The molecule has 0 aliphatic carbocycles. The molecule has 0 atom stereocenters. The van der Waals surface area contributed by atoms with Crippen molar-refractivity contribution in [2.75, 3.05) is 0 Å². The third-order valence-electron chi connectivity index (χ3n) is 2.29. The second kappa shape index (κ2) is 3.18. The Balaban J connectivity index is 2.69. The van der Waals surface area contributed by atoms with Crippen LogP contribution in [0.25, 0.3) is 5.69 Å². The van der Waals surface area contributed by atoms with Crippen LogP contribution in [-0.4, -0.2) is 9.36 Å². The van der Waals surface area contributed by atoms with Crippen molar-refractivity contribution >= 4 is 0 Å². The summed E-state index contributed by atoms with van der Waals surface area (Å²) in [6.45, 7) is 1.92. The van der Waals surface area contributed by atoms with Gasteiger partial charge in [-0.15, -0.1) is 0 Å². The van der Waals surface area contributed by atoms with Gasteiger partial charge in [-0.2, -0.15) is 0 Å². The van der Waals surface area contributed by atoms with Gasteiger partial charge in [-0.05, 0) is 19.1 Å². The molecule has 1 aromatic carbocycles. The maximum Gasteiger partial charge on any atom is 0.266 e. The largest absolute Gasteiger partial charge is 0.268 e. The third kappa shape index (κ3) is 1.27. The highest BCUT2D eigenvalue weighted by Gasteiger charge is 2.04. The summed E-state index contributed by atoms with van der Waals surface area (Å²) in [5.41, 5.74) is 1.98. The Morgan fingerprint density at radius 1 is 1.14 bits per heavy atom. The summed E-state index contributed by atoms with van der Waals surface area (Å²) in [4.78, 5) is 11.4. The Morgan fingerprint density at radius 3 is 2.29 bits per heavy atom. The van der Waals surface area contributed by atoms with Crippen LogP contribution in [0, 0.1) is 6.92 Å². The van der Waals surface area contributed by atoms with Crippen molar-refractivity contribution in [2.24, 2.45) is 7.05 Å². The molecule has 2 rings (SSSR count). The Hall–Kier alpha value is -1.77. The highest BCUT2D eigenvalue weighted by atomic mass is 16.1. The van der Waals surface area contributed by atoms with Crippen molar-refractivity contribution in [3.63, 3.8) is 0 Å². The molecular weight excluding hydrogens is 176 g/mol. The molecule has 0 N–H and O–H groups in total. The fourth-order valence-corrected chi connectivity index (χ4v) is 1.61. The summed E-state index contributed by atoms with van der Waals surface area (Å²) in [5.74, 6) is 0. The first-order valence-electron chi connectivity index (χ1n) is 4.51. The van der Waals surface area contributed by atoms with Crippen LogP contribution in [0.4, 0.5) is 0 Å². The van der Waals surface area contributed by atoms with E-state index in [0.29, 0.717) is 0 Å². The van der Waals surface area contributed by atoms with Gasteiger partial charge in [0.2, 0.25) is 0 Å². The number of para-hydroxylation sites is 1. The van der Waals surface area contributed by atoms with E-state index in [0.717, 1.165) is 11.4 Å². The molecule has 72 valence electrons. The molecule has 3 nitrogen and oxygen atoms in total. The maximum absolute atomic E-state index is 11.4. The molecule has 1 heterocycles. The quantitative estimate of drug-likeness (QED) is 0.666. The smallest absolute Gasteiger partial charge is 0.266 e. The first kappa shape index (κ1) is 8.81. The lowest BCUT2D eigenvalue weighted by Crippen LogP contribution is -2.17. The minimum absolute atomic E-state index is 0.0198. The van der Waals surface area contributed by atoms with Crippen molar-refractivity contribution in [2.45, 2.75) is 6.92 Å². The zero-order valence-electron chi connectivity index (χ0n) is 8.27. The van der Waals surface area contributed by atoms with E-state index in [9.17, 15) is 4.79 Å². The van der Waals surface area contributed by atoms with Crippen molar-refractivity contribution in [3.8, 4) is 5.69 Å². The highest BCUT2D eigenvalue weighted by molar-refractivity contribution is 5.32. The number of hydrogen-bond donors (Lipinski definition) is 0. The van der Waals surface area contributed by atoms with Crippen molar-refractivity contribution in [1.29, 1.82) is 0 Å². The van der Waals surface area contributed by atoms with E-state index in [2.05, 4.69) is 0 Å². The minimum Gasteiger partial charge on any atom is -0.268 e. The maximum atomic E-state index is 11.4. The van der Waals surface area contributed by atoms with Gasteiger partial charge in [0.15, 0.2) is 0 Å². The average Bonchev–Trinajstić information content (AvgIpc) is 2.43. The summed E-state index contributed by atoms with van der Waals surface area (Å²) >= 11 is 0. The lowest BCUT2D eigenvalue weighted by molar-refractivity contribution is 0.629. The molecule has 1 aromatic heterocycles. The first-order valence-corrected chi connectivity index (χ1v) is 4.51. The van der Waals surface area contributed by atoms with Gasteiger partial charge in [-0.25, -0.2) is 4.68 Å². The van der Waals surface area contributed by atoms with Crippen molar-refractivity contribution < 1.29 is 0 Å². The van der Waals surface area contributed by atoms with E-state index in [-0.39, 0.29) is 5.56 Å². The fraction of sp³-hybridized carbons (Fsp3) is 0.182. The van der Waals surface area contributed by atoms with Gasteiger partial charge in [-0.1, -0.05) is 18.2 Å². The molecule has 0 saturated carbocycles. The van der Waals surface area contributed by atoms with Gasteiger partial charge in [0.1, 0.15) is 0 Å². The van der Waals surface area contributed by atoms with Crippen LogP contribution in [0.3, 0.4) is 0 Å². The molecule has 0 fully saturated rings. The monoisotopic (exact) mass is 188 g/mol. The van der Waals surface area contributed by atoms with Crippen LogP contribution in [0.15, 0.2) is 41.2 Å². The second-order valence-corrected chi connectivity index (χ2v) is 3.29. The molecule has 0 unspecified atom stereocenters. The van der Waals surface area contributed by atoms with E-state index >= 15 is 0 Å². The van der Waals surface area contributed by atoms with Crippen LogP contribution in [0.2, 0.25) is 0 Å². The van der Waals surface area contributed by atoms with Gasteiger partial charge in [0.25, 0.3) is 5.56 Å².